The van der Waals surface area contributed by atoms with E-state index in [0.717, 1.165) is 6.54 Å². The number of hydrogen-bond acceptors (Lipinski definition) is 4. The molecule has 1 aliphatic rings. The monoisotopic (exact) mass is 276 g/mol. The lowest BCUT2D eigenvalue weighted by Gasteiger charge is -2.39. The van der Waals surface area contributed by atoms with Crippen LogP contribution in [0, 0.1) is 0 Å². The highest BCUT2D eigenvalue weighted by Crippen LogP contribution is 2.18. The maximum atomic E-state index is 11.2. The van der Waals surface area contributed by atoms with Crippen LogP contribution < -0.4 is 5.32 Å². The van der Waals surface area contributed by atoms with Crippen LogP contribution in [0.2, 0.25) is 0 Å². The molecule has 1 aliphatic heterocycles. The van der Waals surface area contributed by atoms with Crippen LogP contribution in [0.4, 0.5) is 0 Å². The first kappa shape index (κ1) is 15.9. The number of sulfone groups is 1. The zero-order valence-electron chi connectivity index (χ0n) is 12.1. The minimum atomic E-state index is -2.88. The molecule has 0 bridgehead atoms. The lowest BCUT2D eigenvalue weighted by molar-refractivity contribution is 0.109. The zero-order chi connectivity index (χ0) is 13.8. The number of piperidine rings is 1. The molecule has 0 aromatic heterocycles. The van der Waals surface area contributed by atoms with Crippen LogP contribution in [-0.4, -0.2) is 56.5 Å². The summed E-state index contributed by atoms with van der Waals surface area (Å²) in [6.07, 6.45) is 5.09. The highest BCUT2D eigenvalue weighted by molar-refractivity contribution is 7.90. The van der Waals surface area contributed by atoms with E-state index in [2.05, 4.69) is 24.1 Å². The maximum Gasteiger partial charge on any atom is 0.148 e. The molecule has 0 aromatic rings. The SMILES string of the molecule is CC(C)N1CCCC[C@@H]1CN[C@H](C)CS(C)(=O)=O. The van der Waals surface area contributed by atoms with Crippen molar-refractivity contribution in [3.63, 3.8) is 0 Å². The van der Waals surface area contributed by atoms with E-state index in [4.69, 9.17) is 0 Å². The van der Waals surface area contributed by atoms with E-state index in [0.29, 0.717) is 12.1 Å². The molecule has 5 heteroatoms. The molecule has 4 nitrogen and oxygen atoms in total. The Balaban J connectivity index is 2.41. The third kappa shape index (κ3) is 5.67. The van der Waals surface area contributed by atoms with Crippen molar-refractivity contribution in [1.29, 1.82) is 0 Å². The van der Waals surface area contributed by atoms with Crippen molar-refractivity contribution in [3.8, 4) is 0 Å². The van der Waals surface area contributed by atoms with Crippen molar-refractivity contribution >= 4 is 9.84 Å². The van der Waals surface area contributed by atoms with Gasteiger partial charge in [-0.1, -0.05) is 6.42 Å². The van der Waals surface area contributed by atoms with Crippen LogP contribution in [0.3, 0.4) is 0 Å². The number of hydrogen-bond donors (Lipinski definition) is 1. The molecule has 1 fully saturated rings. The summed E-state index contributed by atoms with van der Waals surface area (Å²) in [5, 5.41) is 3.37. The summed E-state index contributed by atoms with van der Waals surface area (Å²) in [5.74, 6) is 0.224. The van der Waals surface area contributed by atoms with Gasteiger partial charge in [-0.2, -0.15) is 0 Å². The van der Waals surface area contributed by atoms with Gasteiger partial charge in [0.25, 0.3) is 0 Å². The molecule has 108 valence electrons. The molecule has 0 saturated carbocycles. The van der Waals surface area contributed by atoms with Gasteiger partial charge in [-0.15, -0.1) is 0 Å². The fourth-order valence-corrected chi connectivity index (χ4v) is 3.80. The molecule has 0 aromatic carbocycles. The fourth-order valence-electron chi connectivity index (χ4n) is 2.77. The van der Waals surface area contributed by atoms with Crippen molar-refractivity contribution in [1.82, 2.24) is 10.2 Å². The Hall–Kier alpha value is -0.130. The van der Waals surface area contributed by atoms with Gasteiger partial charge in [0.05, 0.1) is 5.75 Å². The average molecular weight is 276 g/mol. The number of likely N-dealkylation sites (tertiary alicyclic amines) is 1. The van der Waals surface area contributed by atoms with Crippen molar-refractivity contribution in [2.75, 3.05) is 25.1 Å². The van der Waals surface area contributed by atoms with E-state index in [-0.39, 0.29) is 11.8 Å². The molecule has 1 heterocycles. The van der Waals surface area contributed by atoms with Crippen molar-refractivity contribution in [3.05, 3.63) is 0 Å². The molecule has 0 aliphatic carbocycles. The maximum absolute atomic E-state index is 11.2. The minimum absolute atomic E-state index is 0.0379. The van der Waals surface area contributed by atoms with E-state index in [1.165, 1.54) is 32.1 Å². The summed E-state index contributed by atoms with van der Waals surface area (Å²) in [4.78, 5) is 2.53. The second-order valence-corrected chi connectivity index (χ2v) is 8.07. The van der Waals surface area contributed by atoms with Crippen LogP contribution in [0.1, 0.15) is 40.0 Å². The Labute approximate surface area is 112 Å². The predicted molar refractivity (Wildman–Crippen MR) is 76.7 cm³/mol. The standard InChI is InChI=1S/C13H28N2O2S/c1-11(2)15-8-6-5-7-13(15)9-14-12(3)10-18(4,16)17/h11-14H,5-10H2,1-4H3/t12-,13-/m1/s1. The summed E-state index contributed by atoms with van der Waals surface area (Å²) >= 11 is 0. The molecule has 1 rings (SSSR count). The van der Waals surface area contributed by atoms with Crippen LogP contribution in [0.15, 0.2) is 0 Å². The van der Waals surface area contributed by atoms with E-state index >= 15 is 0 Å². The van der Waals surface area contributed by atoms with Gasteiger partial charge in [-0.05, 0) is 40.2 Å². The van der Waals surface area contributed by atoms with Crippen molar-refractivity contribution in [2.24, 2.45) is 0 Å². The highest BCUT2D eigenvalue weighted by atomic mass is 32.2. The molecule has 2 atom stereocenters. The Morgan fingerprint density at radius 3 is 2.50 bits per heavy atom. The molecule has 1 N–H and O–H groups in total. The second-order valence-electron chi connectivity index (χ2n) is 5.88. The Bertz CT molecular complexity index is 341. The second kappa shape index (κ2) is 6.87. The smallest absolute Gasteiger partial charge is 0.148 e. The summed E-state index contributed by atoms with van der Waals surface area (Å²) in [5.41, 5.74) is 0. The quantitative estimate of drug-likeness (QED) is 0.794. The van der Waals surface area contributed by atoms with Gasteiger partial charge in [0.1, 0.15) is 9.84 Å². The number of rotatable bonds is 6. The molecular formula is C13H28N2O2S. The molecule has 0 amide bonds. The van der Waals surface area contributed by atoms with Gasteiger partial charge in [0, 0.05) is 30.9 Å². The Morgan fingerprint density at radius 2 is 1.94 bits per heavy atom. The normalized spacial score (nSPS) is 24.4. The minimum Gasteiger partial charge on any atom is -0.312 e. The van der Waals surface area contributed by atoms with E-state index in [1.807, 2.05) is 6.92 Å². The van der Waals surface area contributed by atoms with Crippen LogP contribution in [-0.2, 0) is 9.84 Å². The fraction of sp³-hybridized carbons (Fsp3) is 1.00. The van der Waals surface area contributed by atoms with Gasteiger partial charge < -0.3 is 5.32 Å². The van der Waals surface area contributed by atoms with Crippen LogP contribution in [0.25, 0.3) is 0 Å². The number of nitrogens with zero attached hydrogens (tertiary/aromatic N) is 1. The molecule has 1 saturated heterocycles. The Morgan fingerprint density at radius 1 is 1.28 bits per heavy atom. The van der Waals surface area contributed by atoms with Gasteiger partial charge in [-0.25, -0.2) is 8.42 Å². The lowest BCUT2D eigenvalue weighted by atomic mass is 10.00. The number of nitrogens with one attached hydrogen (secondary N) is 1. The summed E-state index contributed by atoms with van der Waals surface area (Å²) < 4.78 is 22.4. The van der Waals surface area contributed by atoms with Gasteiger partial charge in [0.2, 0.25) is 0 Å². The van der Waals surface area contributed by atoms with Crippen molar-refractivity contribution in [2.45, 2.75) is 58.2 Å². The first-order chi connectivity index (χ1) is 8.29. The summed E-state index contributed by atoms with van der Waals surface area (Å²) in [7, 11) is -2.88. The van der Waals surface area contributed by atoms with Crippen LogP contribution >= 0.6 is 0 Å². The largest absolute Gasteiger partial charge is 0.312 e. The first-order valence-corrected chi connectivity index (χ1v) is 9.02. The lowest BCUT2D eigenvalue weighted by Crippen LogP contribution is -2.50. The van der Waals surface area contributed by atoms with Gasteiger partial charge >= 0.3 is 0 Å². The van der Waals surface area contributed by atoms with Crippen molar-refractivity contribution < 1.29 is 8.42 Å². The topological polar surface area (TPSA) is 49.4 Å². The zero-order valence-corrected chi connectivity index (χ0v) is 13.0. The Kier molecular flexibility index (Phi) is 6.08. The van der Waals surface area contributed by atoms with Crippen LogP contribution in [0.5, 0.6) is 0 Å². The molecule has 0 unspecified atom stereocenters. The molecule has 0 spiro atoms. The molecule has 18 heavy (non-hydrogen) atoms. The predicted octanol–water partition coefficient (Wildman–Crippen LogP) is 1.27. The van der Waals surface area contributed by atoms with E-state index < -0.39 is 9.84 Å². The summed E-state index contributed by atoms with van der Waals surface area (Å²) in [6.45, 7) is 8.49. The first-order valence-electron chi connectivity index (χ1n) is 6.96. The van der Waals surface area contributed by atoms with Gasteiger partial charge in [-0.3, -0.25) is 4.90 Å². The average Bonchev–Trinajstić information content (AvgIpc) is 2.24. The van der Waals surface area contributed by atoms with E-state index in [9.17, 15) is 8.42 Å². The summed E-state index contributed by atoms with van der Waals surface area (Å²) in [6, 6.07) is 1.17. The van der Waals surface area contributed by atoms with Gasteiger partial charge in [0.15, 0.2) is 0 Å². The highest BCUT2D eigenvalue weighted by Gasteiger charge is 2.24. The van der Waals surface area contributed by atoms with E-state index in [1.54, 1.807) is 0 Å². The third-order valence-electron chi connectivity index (χ3n) is 3.59. The third-order valence-corrected chi connectivity index (χ3v) is 4.70. The molecular weight excluding hydrogens is 248 g/mol. The molecule has 0 radical (unpaired) electrons.